The van der Waals surface area contributed by atoms with E-state index in [9.17, 15) is 14.7 Å². The van der Waals surface area contributed by atoms with Crippen molar-refractivity contribution >= 4 is 16.6 Å². The van der Waals surface area contributed by atoms with Gasteiger partial charge in [0, 0.05) is 23.6 Å². The summed E-state index contributed by atoms with van der Waals surface area (Å²) in [6, 6.07) is 8.01. The van der Waals surface area contributed by atoms with Crippen molar-refractivity contribution in [3.8, 4) is 5.88 Å². The molecule has 0 saturated carbocycles. The van der Waals surface area contributed by atoms with Crippen LogP contribution in [0.15, 0.2) is 45.0 Å². The lowest BCUT2D eigenvalue weighted by Crippen LogP contribution is -2.27. The lowest BCUT2D eigenvalue weighted by Gasteiger charge is -2.05. The highest BCUT2D eigenvalue weighted by molar-refractivity contribution is 6.01. The molecule has 7 nitrogen and oxygen atoms in total. The molecule has 24 heavy (non-hydrogen) atoms. The van der Waals surface area contributed by atoms with Crippen molar-refractivity contribution in [2.45, 2.75) is 19.8 Å². The molecule has 2 heterocycles. The van der Waals surface area contributed by atoms with Crippen LogP contribution in [0.25, 0.3) is 10.9 Å². The maximum Gasteiger partial charge on any atom is 0.328 e. The summed E-state index contributed by atoms with van der Waals surface area (Å²) in [6.45, 7) is 2.32. The van der Waals surface area contributed by atoms with Gasteiger partial charge >= 0.3 is 5.69 Å². The second-order valence-electron chi connectivity index (χ2n) is 5.42. The lowest BCUT2D eigenvalue weighted by atomic mass is 10.1. The Balaban J connectivity index is 1.85. The van der Waals surface area contributed by atoms with Gasteiger partial charge in [0.2, 0.25) is 5.88 Å². The summed E-state index contributed by atoms with van der Waals surface area (Å²) in [7, 11) is 0. The molecule has 0 aliphatic rings. The standard InChI is InChI=1S/C17H18N4O3/c1-2-12(14-15(22)20-17(24)21-16(14)23)18-8-7-10-9-19-13-6-4-3-5-11(10)13/h3-6,9,19H,2,7-8H2,1H3,(H3,20,21,22,23,24). The molecule has 0 spiro atoms. The number of hydrogen-bond donors (Lipinski definition) is 4. The van der Waals surface area contributed by atoms with E-state index >= 15 is 0 Å². The van der Waals surface area contributed by atoms with Gasteiger partial charge in [-0.1, -0.05) is 25.1 Å². The average molecular weight is 326 g/mol. The minimum Gasteiger partial charge on any atom is -0.494 e. The monoisotopic (exact) mass is 326 g/mol. The van der Waals surface area contributed by atoms with Crippen molar-refractivity contribution in [3.05, 3.63) is 62.4 Å². The number of nitrogens with one attached hydrogen (secondary N) is 3. The number of para-hydroxylation sites is 1. The summed E-state index contributed by atoms with van der Waals surface area (Å²) in [5.41, 5.74) is 1.33. The zero-order valence-electron chi connectivity index (χ0n) is 13.2. The second kappa shape index (κ2) is 6.57. The SMILES string of the molecule is CCC(=NCCc1c[nH]c2ccccc12)c1c(O)[nH]c(=O)[nH]c1=O. The minimum atomic E-state index is -0.740. The van der Waals surface area contributed by atoms with Crippen LogP contribution in [0.1, 0.15) is 24.5 Å². The third-order valence-electron chi connectivity index (χ3n) is 3.91. The number of aromatic hydroxyl groups is 1. The van der Waals surface area contributed by atoms with E-state index in [1.807, 2.05) is 37.4 Å². The van der Waals surface area contributed by atoms with Crippen LogP contribution in [0.5, 0.6) is 5.88 Å². The molecular weight excluding hydrogens is 308 g/mol. The van der Waals surface area contributed by atoms with E-state index in [4.69, 9.17) is 0 Å². The summed E-state index contributed by atoms with van der Waals surface area (Å²) in [4.78, 5) is 35.0. The Bertz CT molecular complexity index is 1010. The fraction of sp³-hybridized carbons (Fsp3) is 0.235. The van der Waals surface area contributed by atoms with E-state index in [0.29, 0.717) is 25.1 Å². The molecule has 0 atom stereocenters. The molecule has 0 fully saturated rings. The quantitative estimate of drug-likeness (QED) is 0.535. The zero-order valence-corrected chi connectivity index (χ0v) is 13.2. The summed E-state index contributed by atoms with van der Waals surface area (Å²) in [5.74, 6) is -0.448. The van der Waals surface area contributed by atoms with Gasteiger partial charge in [0.05, 0.1) is 5.71 Å². The molecule has 0 bridgehead atoms. The van der Waals surface area contributed by atoms with Crippen molar-refractivity contribution in [1.29, 1.82) is 0 Å². The largest absolute Gasteiger partial charge is 0.494 e. The maximum absolute atomic E-state index is 11.9. The van der Waals surface area contributed by atoms with Gasteiger partial charge in [0.15, 0.2) is 0 Å². The predicted molar refractivity (Wildman–Crippen MR) is 93.0 cm³/mol. The van der Waals surface area contributed by atoms with Crippen LogP contribution in [0.2, 0.25) is 0 Å². The normalized spacial score (nSPS) is 12.0. The number of hydrogen-bond acceptors (Lipinski definition) is 4. The number of aromatic amines is 3. The van der Waals surface area contributed by atoms with Gasteiger partial charge in [-0.05, 0) is 24.5 Å². The van der Waals surface area contributed by atoms with Crippen molar-refractivity contribution in [2.75, 3.05) is 6.54 Å². The van der Waals surface area contributed by atoms with E-state index in [0.717, 1.165) is 16.5 Å². The number of benzene rings is 1. The molecule has 3 aromatic rings. The molecule has 0 amide bonds. The molecule has 0 unspecified atom stereocenters. The van der Waals surface area contributed by atoms with E-state index in [1.54, 1.807) is 0 Å². The highest BCUT2D eigenvalue weighted by Gasteiger charge is 2.14. The first-order valence-electron chi connectivity index (χ1n) is 7.74. The van der Waals surface area contributed by atoms with Crippen molar-refractivity contribution in [1.82, 2.24) is 15.0 Å². The van der Waals surface area contributed by atoms with Crippen LogP contribution < -0.4 is 11.2 Å². The predicted octanol–water partition coefficient (Wildman–Crippen LogP) is 1.69. The average Bonchev–Trinajstić information content (AvgIpc) is 2.96. The minimum absolute atomic E-state index is 0.0241. The van der Waals surface area contributed by atoms with E-state index in [1.165, 1.54) is 0 Å². The molecule has 0 saturated heterocycles. The molecule has 0 aliphatic carbocycles. The van der Waals surface area contributed by atoms with Gasteiger partial charge in [-0.2, -0.15) is 0 Å². The third-order valence-corrected chi connectivity index (χ3v) is 3.91. The fourth-order valence-electron chi connectivity index (χ4n) is 2.76. The van der Waals surface area contributed by atoms with E-state index in [2.05, 4.69) is 19.9 Å². The Labute approximate surface area is 137 Å². The fourth-order valence-corrected chi connectivity index (χ4v) is 2.76. The van der Waals surface area contributed by atoms with Gasteiger partial charge < -0.3 is 10.1 Å². The third kappa shape index (κ3) is 3.01. The summed E-state index contributed by atoms with van der Waals surface area (Å²) in [6.07, 6.45) is 3.13. The Hall–Kier alpha value is -3.09. The number of rotatable bonds is 5. The summed E-state index contributed by atoms with van der Waals surface area (Å²) >= 11 is 0. The van der Waals surface area contributed by atoms with Crippen molar-refractivity contribution < 1.29 is 5.11 Å². The van der Waals surface area contributed by atoms with E-state index in [-0.39, 0.29) is 5.56 Å². The molecule has 1 aromatic carbocycles. The first-order valence-corrected chi connectivity index (χ1v) is 7.74. The zero-order chi connectivity index (χ0) is 17.1. The summed E-state index contributed by atoms with van der Waals surface area (Å²) < 4.78 is 0. The first-order chi connectivity index (χ1) is 11.6. The molecular formula is C17H18N4O3. The van der Waals surface area contributed by atoms with Gasteiger partial charge in [-0.3, -0.25) is 19.8 Å². The first kappa shape index (κ1) is 15.8. The summed E-state index contributed by atoms with van der Waals surface area (Å²) in [5, 5.41) is 11.0. The number of fused-ring (bicyclic) bond motifs is 1. The lowest BCUT2D eigenvalue weighted by molar-refractivity contribution is 0.447. The molecule has 4 N–H and O–H groups in total. The van der Waals surface area contributed by atoms with E-state index < -0.39 is 17.1 Å². The highest BCUT2D eigenvalue weighted by atomic mass is 16.3. The van der Waals surface area contributed by atoms with Crippen molar-refractivity contribution in [2.24, 2.45) is 4.99 Å². The molecule has 124 valence electrons. The Morgan fingerprint density at radius 1 is 1.21 bits per heavy atom. The number of aliphatic imine (C=N–C) groups is 1. The van der Waals surface area contributed by atoms with Gasteiger partial charge in [-0.25, -0.2) is 4.79 Å². The van der Waals surface area contributed by atoms with Crippen LogP contribution in [0.3, 0.4) is 0 Å². The highest BCUT2D eigenvalue weighted by Crippen LogP contribution is 2.18. The Kier molecular flexibility index (Phi) is 4.33. The molecule has 2 aromatic heterocycles. The molecule has 0 aliphatic heterocycles. The Morgan fingerprint density at radius 2 is 2.00 bits per heavy atom. The molecule has 7 heteroatoms. The smallest absolute Gasteiger partial charge is 0.328 e. The number of H-pyrrole nitrogens is 3. The Morgan fingerprint density at radius 3 is 2.75 bits per heavy atom. The molecule has 0 radical (unpaired) electrons. The van der Waals surface area contributed by atoms with Gasteiger partial charge in [0.25, 0.3) is 5.56 Å². The van der Waals surface area contributed by atoms with Crippen LogP contribution >= 0.6 is 0 Å². The second-order valence-corrected chi connectivity index (χ2v) is 5.42. The number of nitrogens with zero attached hydrogens (tertiary/aromatic N) is 1. The van der Waals surface area contributed by atoms with Crippen LogP contribution in [0.4, 0.5) is 0 Å². The number of aromatic nitrogens is 3. The van der Waals surface area contributed by atoms with Crippen LogP contribution in [0, 0.1) is 0 Å². The molecule has 3 rings (SSSR count). The van der Waals surface area contributed by atoms with Crippen molar-refractivity contribution in [3.63, 3.8) is 0 Å². The van der Waals surface area contributed by atoms with Gasteiger partial charge in [0.1, 0.15) is 5.56 Å². The van der Waals surface area contributed by atoms with Crippen LogP contribution in [-0.4, -0.2) is 32.3 Å². The van der Waals surface area contributed by atoms with Gasteiger partial charge in [-0.15, -0.1) is 0 Å². The maximum atomic E-state index is 11.9. The van der Waals surface area contributed by atoms with Crippen LogP contribution in [-0.2, 0) is 6.42 Å². The topological polar surface area (TPSA) is 114 Å².